The molecule has 1 aliphatic rings. The molecule has 1 aliphatic carbocycles. The van der Waals surface area contributed by atoms with Gasteiger partial charge in [0.15, 0.2) is 11.5 Å². The number of aliphatic hydroxyl groups excluding tert-OH is 2. The first-order chi connectivity index (χ1) is 8.08. The minimum atomic E-state index is -0.852. The maximum Gasteiger partial charge on any atom is 0.169 e. The molecule has 104 valence electrons. The van der Waals surface area contributed by atoms with Gasteiger partial charge in [0.2, 0.25) is 0 Å². The molecule has 1 rings (SSSR count). The van der Waals surface area contributed by atoms with Crippen LogP contribution in [0.3, 0.4) is 0 Å². The molecule has 0 saturated carbocycles. The minimum absolute atomic E-state index is 0. The smallest absolute Gasteiger partial charge is 0.169 e. The molecule has 4 heteroatoms. The Morgan fingerprint density at radius 1 is 1.11 bits per heavy atom. The lowest BCUT2D eigenvalue weighted by atomic mass is 9.89. The second kappa shape index (κ2) is 7.24. The van der Waals surface area contributed by atoms with E-state index in [1.54, 1.807) is 6.92 Å². The molecule has 0 aromatic carbocycles. The van der Waals surface area contributed by atoms with Gasteiger partial charge in [0, 0.05) is 0 Å². The van der Waals surface area contributed by atoms with Crippen LogP contribution in [-0.4, -0.2) is 36.6 Å². The lowest BCUT2D eigenvalue weighted by Crippen LogP contribution is -2.31. The lowest BCUT2D eigenvalue weighted by Gasteiger charge is -2.30. The van der Waals surface area contributed by atoms with Crippen molar-refractivity contribution in [2.24, 2.45) is 0 Å². The number of ether oxygens (including phenoxy) is 2. The highest BCUT2D eigenvalue weighted by molar-refractivity contribution is 5.39. The van der Waals surface area contributed by atoms with Gasteiger partial charge < -0.3 is 19.7 Å². The maximum atomic E-state index is 10.2. The zero-order chi connectivity index (χ0) is 13.0. The molecule has 0 amide bonds. The molecule has 0 aliphatic heterocycles. The number of methoxy groups -OCH3 is 2. The highest BCUT2D eigenvalue weighted by Gasteiger charge is 2.34. The van der Waals surface area contributed by atoms with E-state index in [0.717, 1.165) is 5.57 Å². The van der Waals surface area contributed by atoms with Crippen molar-refractivity contribution in [3.8, 4) is 0 Å². The van der Waals surface area contributed by atoms with Gasteiger partial charge in [-0.05, 0) is 31.4 Å². The summed E-state index contributed by atoms with van der Waals surface area (Å²) in [5.74, 6) is 0.562. The Bertz CT molecular complexity index is 366. The van der Waals surface area contributed by atoms with Gasteiger partial charge in [-0.15, -0.1) is 0 Å². The van der Waals surface area contributed by atoms with Crippen molar-refractivity contribution in [3.05, 3.63) is 34.8 Å². The van der Waals surface area contributed by atoms with Crippen LogP contribution in [0, 0.1) is 0 Å². The zero-order valence-corrected chi connectivity index (χ0v) is 10.7. The van der Waals surface area contributed by atoms with E-state index in [-0.39, 0.29) is 18.9 Å². The maximum absolute atomic E-state index is 10.2. The molecule has 18 heavy (non-hydrogen) atoms. The molecule has 0 aromatic rings. The number of allylic oxidation sites excluding steroid dienone is 2. The number of aliphatic hydroxyl groups is 2. The average Bonchev–Trinajstić information content (AvgIpc) is 2.33. The molecule has 2 atom stereocenters. The van der Waals surface area contributed by atoms with Gasteiger partial charge in [0.1, 0.15) is 12.2 Å². The molecule has 0 fully saturated rings. The molecule has 0 heterocycles. The third kappa shape index (κ3) is 2.94. The third-order valence-electron chi connectivity index (χ3n) is 3.00. The van der Waals surface area contributed by atoms with Crippen LogP contribution in [0.15, 0.2) is 34.8 Å². The SMILES string of the molecule is C.C/C=C/CC1=C(C)C(O)C(OC)=C(OC)C1O. The Hall–Kier alpha value is -1.26. The van der Waals surface area contributed by atoms with Crippen molar-refractivity contribution in [3.63, 3.8) is 0 Å². The number of hydrogen-bond donors (Lipinski definition) is 2. The van der Waals surface area contributed by atoms with E-state index in [4.69, 9.17) is 9.47 Å². The number of rotatable bonds is 4. The molecule has 0 bridgehead atoms. The molecule has 2 unspecified atom stereocenters. The highest BCUT2D eigenvalue weighted by atomic mass is 16.5. The summed E-state index contributed by atoms with van der Waals surface area (Å²) in [7, 11) is 2.91. The summed E-state index contributed by atoms with van der Waals surface area (Å²) in [6.07, 6.45) is 2.72. The van der Waals surface area contributed by atoms with E-state index in [1.165, 1.54) is 14.2 Å². The third-order valence-corrected chi connectivity index (χ3v) is 3.00. The van der Waals surface area contributed by atoms with Gasteiger partial charge in [-0.2, -0.15) is 0 Å². The summed E-state index contributed by atoms with van der Waals surface area (Å²) in [6.45, 7) is 3.70. The van der Waals surface area contributed by atoms with Crippen LogP contribution < -0.4 is 0 Å². The van der Waals surface area contributed by atoms with E-state index in [2.05, 4.69) is 0 Å². The van der Waals surface area contributed by atoms with Crippen molar-refractivity contribution >= 4 is 0 Å². The fourth-order valence-corrected chi connectivity index (χ4v) is 1.96. The largest absolute Gasteiger partial charge is 0.494 e. The topological polar surface area (TPSA) is 58.9 Å². The van der Waals surface area contributed by atoms with Crippen LogP contribution in [-0.2, 0) is 9.47 Å². The summed E-state index contributed by atoms with van der Waals surface area (Å²) < 4.78 is 10.2. The zero-order valence-electron chi connectivity index (χ0n) is 10.7. The lowest BCUT2D eigenvalue weighted by molar-refractivity contribution is 0.0794. The molecule has 4 nitrogen and oxygen atoms in total. The van der Waals surface area contributed by atoms with Crippen LogP contribution in [0.4, 0.5) is 0 Å². The normalized spacial score (nSPS) is 24.3. The van der Waals surface area contributed by atoms with Crippen LogP contribution in [0.2, 0.25) is 0 Å². The summed E-state index contributed by atoms with van der Waals surface area (Å²) in [5, 5.41) is 20.2. The summed E-state index contributed by atoms with van der Waals surface area (Å²) in [6, 6.07) is 0. The monoisotopic (exact) mass is 256 g/mol. The van der Waals surface area contributed by atoms with Crippen molar-refractivity contribution in [1.29, 1.82) is 0 Å². The van der Waals surface area contributed by atoms with Crippen molar-refractivity contribution < 1.29 is 19.7 Å². The van der Waals surface area contributed by atoms with Crippen molar-refractivity contribution in [1.82, 2.24) is 0 Å². The summed E-state index contributed by atoms with van der Waals surface area (Å²) in [5.41, 5.74) is 1.47. The van der Waals surface area contributed by atoms with E-state index in [0.29, 0.717) is 12.0 Å². The van der Waals surface area contributed by atoms with Gasteiger partial charge in [-0.1, -0.05) is 19.6 Å². The molecular formula is C14H24O4. The molecule has 0 radical (unpaired) electrons. The average molecular weight is 256 g/mol. The van der Waals surface area contributed by atoms with Crippen molar-refractivity contribution in [2.75, 3.05) is 14.2 Å². The Morgan fingerprint density at radius 3 is 2.06 bits per heavy atom. The summed E-state index contributed by atoms with van der Waals surface area (Å²) in [4.78, 5) is 0. The van der Waals surface area contributed by atoms with Crippen LogP contribution in [0.25, 0.3) is 0 Å². The quantitative estimate of drug-likeness (QED) is 0.757. The van der Waals surface area contributed by atoms with Gasteiger partial charge in [-0.25, -0.2) is 0 Å². The first kappa shape index (κ1) is 16.7. The fourth-order valence-electron chi connectivity index (χ4n) is 1.96. The highest BCUT2D eigenvalue weighted by Crippen LogP contribution is 2.33. The Kier molecular flexibility index (Phi) is 6.73. The van der Waals surface area contributed by atoms with Crippen molar-refractivity contribution in [2.45, 2.75) is 39.9 Å². The molecule has 2 N–H and O–H groups in total. The molecule has 0 saturated heterocycles. The second-order valence-electron chi connectivity index (χ2n) is 3.92. The fraction of sp³-hybridized carbons (Fsp3) is 0.571. The van der Waals surface area contributed by atoms with Gasteiger partial charge in [-0.3, -0.25) is 0 Å². The van der Waals surface area contributed by atoms with Gasteiger partial charge >= 0.3 is 0 Å². The van der Waals surface area contributed by atoms with Gasteiger partial charge in [0.05, 0.1) is 14.2 Å². The second-order valence-corrected chi connectivity index (χ2v) is 3.92. The predicted molar refractivity (Wildman–Crippen MR) is 71.9 cm³/mol. The molecule has 0 spiro atoms. The van der Waals surface area contributed by atoms with Crippen LogP contribution in [0.1, 0.15) is 27.7 Å². The predicted octanol–water partition coefficient (Wildman–Crippen LogP) is 2.15. The van der Waals surface area contributed by atoms with E-state index < -0.39 is 12.2 Å². The van der Waals surface area contributed by atoms with E-state index in [9.17, 15) is 10.2 Å². The van der Waals surface area contributed by atoms with E-state index in [1.807, 2.05) is 19.1 Å². The standard InChI is InChI=1S/C13H20O4.CH4/c1-5-6-7-9-8(2)10(14)12(16-3)13(17-4)11(9)15;/h5-6,10-11,14-15H,7H2,1-4H3;1H4/b6-5+;. The Labute approximate surface area is 109 Å². The van der Waals surface area contributed by atoms with Crippen LogP contribution in [0.5, 0.6) is 0 Å². The van der Waals surface area contributed by atoms with Gasteiger partial charge in [0.25, 0.3) is 0 Å². The first-order valence-electron chi connectivity index (χ1n) is 5.57. The van der Waals surface area contributed by atoms with Crippen LogP contribution >= 0.6 is 0 Å². The minimum Gasteiger partial charge on any atom is -0.494 e. The van der Waals surface area contributed by atoms with E-state index >= 15 is 0 Å². The summed E-state index contributed by atoms with van der Waals surface area (Å²) >= 11 is 0. The Balaban J connectivity index is 0.00000289. The molecule has 0 aromatic heterocycles. The number of hydrogen-bond acceptors (Lipinski definition) is 4. The molecular weight excluding hydrogens is 232 g/mol. The Morgan fingerprint density at radius 2 is 1.61 bits per heavy atom. The first-order valence-corrected chi connectivity index (χ1v) is 5.57.